The Morgan fingerprint density at radius 2 is 1.68 bits per heavy atom. The molecule has 0 unspecified atom stereocenters. The summed E-state index contributed by atoms with van der Waals surface area (Å²) >= 11 is 0. The fourth-order valence-electron chi connectivity index (χ4n) is 3.75. The minimum atomic E-state index is 0. The third-order valence-electron chi connectivity index (χ3n) is 5.15. The van der Waals surface area contributed by atoms with Crippen LogP contribution in [0.25, 0.3) is 0 Å². The van der Waals surface area contributed by atoms with E-state index in [0.29, 0.717) is 0 Å². The van der Waals surface area contributed by atoms with Gasteiger partial charge in [-0.25, -0.2) is 0 Å². The molecule has 1 N–H and O–H groups in total. The van der Waals surface area contributed by atoms with Crippen molar-refractivity contribution >= 4 is 12.4 Å². The van der Waals surface area contributed by atoms with Gasteiger partial charge in [-0.15, -0.1) is 12.4 Å². The van der Waals surface area contributed by atoms with Crippen LogP contribution < -0.4 is 10.1 Å². The van der Waals surface area contributed by atoms with Crippen LogP contribution in [0.5, 0.6) is 5.75 Å². The molecule has 0 aliphatic carbocycles. The Morgan fingerprint density at radius 1 is 1.05 bits per heavy atom. The Hall–Kier alpha value is -0.770. The van der Waals surface area contributed by atoms with Gasteiger partial charge in [-0.2, -0.15) is 0 Å². The molecule has 2 heterocycles. The lowest BCUT2D eigenvalue weighted by Gasteiger charge is -2.35. The molecule has 2 saturated heterocycles. The van der Waals surface area contributed by atoms with Crippen molar-refractivity contribution in [1.29, 1.82) is 0 Å². The van der Waals surface area contributed by atoms with E-state index in [-0.39, 0.29) is 12.4 Å². The van der Waals surface area contributed by atoms with Crippen molar-refractivity contribution in [3.8, 4) is 5.75 Å². The second-order valence-corrected chi connectivity index (χ2v) is 6.54. The van der Waals surface area contributed by atoms with Gasteiger partial charge in [-0.05, 0) is 81.4 Å². The lowest BCUT2D eigenvalue weighted by molar-refractivity contribution is 0.167. The Kier molecular flexibility index (Phi) is 7.00. The Bertz CT molecular complexity index is 423. The molecule has 2 fully saturated rings. The number of piperidine rings is 2. The highest BCUT2D eigenvalue weighted by molar-refractivity contribution is 5.85. The summed E-state index contributed by atoms with van der Waals surface area (Å²) in [7, 11) is 1.73. The molecule has 0 amide bonds. The zero-order valence-corrected chi connectivity index (χ0v) is 14.4. The average Bonchev–Trinajstić information content (AvgIpc) is 2.57. The molecule has 0 aromatic heterocycles. The molecule has 0 radical (unpaired) electrons. The first-order chi connectivity index (χ1) is 10.3. The van der Waals surface area contributed by atoms with Gasteiger partial charge in [0.15, 0.2) is 0 Å². The molecule has 2 aliphatic heterocycles. The van der Waals surface area contributed by atoms with Gasteiger partial charge in [0.25, 0.3) is 0 Å². The van der Waals surface area contributed by atoms with Crippen LogP contribution in [0.2, 0.25) is 0 Å². The standard InChI is InChI=1S/C18H28N2O.ClH/c1-21-18-4-2-16(3-5-18)17-8-12-20(13-9-17)14-15-6-10-19-11-7-15;/h2-5,15,17,19H,6-14H2,1H3;1H. The van der Waals surface area contributed by atoms with E-state index < -0.39 is 0 Å². The second-order valence-electron chi connectivity index (χ2n) is 6.54. The molecule has 2 aliphatic rings. The maximum atomic E-state index is 5.24. The SMILES string of the molecule is COc1ccc(C2CCN(CC3CCNCC3)CC2)cc1.Cl. The molecule has 124 valence electrons. The smallest absolute Gasteiger partial charge is 0.118 e. The first kappa shape index (κ1) is 17.6. The van der Waals surface area contributed by atoms with Gasteiger partial charge in [0.2, 0.25) is 0 Å². The van der Waals surface area contributed by atoms with E-state index in [0.717, 1.165) is 17.6 Å². The third kappa shape index (κ3) is 4.61. The van der Waals surface area contributed by atoms with E-state index in [4.69, 9.17) is 4.74 Å². The minimum absolute atomic E-state index is 0. The quantitative estimate of drug-likeness (QED) is 0.919. The number of nitrogens with one attached hydrogen (secondary N) is 1. The van der Waals surface area contributed by atoms with Crippen LogP contribution in [0.4, 0.5) is 0 Å². The maximum absolute atomic E-state index is 5.24. The summed E-state index contributed by atoms with van der Waals surface area (Å²) in [6.45, 7) is 6.28. The van der Waals surface area contributed by atoms with Crippen molar-refractivity contribution in [3.05, 3.63) is 29.8 Å². The van der Waals surface area contributed by atoms with Gasteiger partial charge in [0.05, 0.1) is 7.11 Å². The molecular formula is C18H29ClN2O. The van der Waals surface area contributed by atoms with Crippen LogP contribution in [-0.4, -0.2) is 44.7 Å². The molecule has 0 atom stereocenters. The molecule has 3 nitrogen and oxygen atoms in total. The zero-order chi connectivity index (χ0) is 14.5. The largest absolute Gasteiger partial charge is 0.497 e. The lowest BCUT2D eigenvalue weighted by Crippen LogP contribution is -2.39. The van der Waals surface area contributed by atoms with Crippen molar-refractivity contribution < 1.29 is 4.74 Å². The number of nitrogens with zero attached hydrogens (tertiary/aromatic N) is 1. The molecule has 1 aromatic carbocycles. The molecule has 3 rings (SSSR count). The number of methoxy groups -OCH3 is 1. The Balaban J connectivity index is 0.00000176. The summed E-state index contributed by atoms with van der Waals surface area (Å²) in [5.41, 5.74) is 1.48. The Labute approximate surface area is 140 Å². The highest BCUT2D eigenvalue weighted by Crippen LogP contribution is 2.30. The summed E-state index contributed by atoms with van der Waals surface area (Å²) in [4.78, 5) is 2.69. The van der Waals surface area contributed by atoms with E-state index in [1.54, 1.807) is 7.11 Å². The van der Waals surface area contributed by atoms with E-state index in [9.17, 15) is 0 Å². The van der Waals surface area contributed by atoms with Crippen LogP contribution in [0.1, 0.15) is 37.2 Å². The summed E-state index contributed by atoms with van der Waals surface area (Å²) in [5.74, 6) is 2.62. The number of ether oxygens (including phenoxy) is 1. The molecular weight excluding hydrogens is 296 g/mol. The number of likely N-dealkylation sites (tertiary alicyclic amines) is 1. The summed E-state index contributed by atoms with van der Waals surface area (Å²) in [6, 6.07) is 8.67. The van der Waals surface area contributed by atoms with Crippen LogP contribution in [-0.2, 0) is 0 Å². The van der Waals surface area contributed by atoms with E-state index in [2.05, 4.69) is 34.5 Å². The summed E-state index contributed by atoms with van der Waals surface area (Å²) in [5, 5.41) is 3.46. The summed E-state index contributed by atoms with van der Waals surface area (Å²) < 4.78 is 5.24. The third-order valence-corrected chi connectivity index (χ3v) is 5.15. The maximum Gasteiger partial charge on any atom is 0.118 e. The zero-order valence-electron chi connectivity index (χ0n) is 13.6. The van der Waals surface area contributed by atoms with Gasteiger partial charge in [-0.1, -0.05) is 12.1 Å². The van der Waals surface area contributed by atoms with Crippen molar-refractivity contribution in [3.63, 3.8) is 0 Å². The van der Waals surface area contributed by atoms with Crippen molar-refractivity contribution in [2.24, 2.45) is 5.92 Å². The van der Waals surface area contributed by atoms with Crippen molar-refractivity contribution in [2.75, 3.05) is 39.8 Å². The molecule has 0 saturated carbocycles. The lowest BCUT2D eigenvalue weighted by atomic mass is 9.88. The summed E-state index contributed by atoms with van der Waals surface area (Å²) in [6.07, 6.45) is 5.32. The van der Waals surface area contributed by atoms with Gasteiger partial charge < -0.3 is 15.0 Å². The Morgan fingerprint density at radius 3 is 2.27 bits per heavy atom. The van der Waals surface area contributed by atoms with Gasteiger partial charge in [-0.3, -0.25) is 0 Å². The monoisotopic (exact) mass is 324 g/mol. The number of hydrogen-bond donors (Lipinski definition) is 1. The number of rotatable bonds is 4. The molecule has 0 bridgehead atoms. The highest BCUT2D eigenvalue weighted by atomic mass is 35.5. The van der Waals surface area contributed by atoms with Crippen LogP contribution in [0.3, 0.4) is 0 Å². The van der Waals surface area contributed by atoms with E-state index >= 15 is 0 Å². The molecule has 0 spiro atoms. The van der Waals surface area contributed by atoms with Gasteiger partial charge >= 0.3 is 0 Å². The van der Waals surface area contributed by atoms with E-state index in [1.165, 1.54) is 64.0 Å². The first-order valence-electron chi connectivity index (χ1n) is 8.42. The van der Waals surface area contributed by atoms with Crippen LogP contribution in [0, 0.1) is 5.92 Å². The van der Waals surface area contributed by atoms with Gasteiger partial charge in [0.1, 0.15) is 5.75 Å². The minimum Gasteiger partial charge on any atom is -0.497 e. The van der Waals surface area contributed by atoms with Crippen LogP contribution in [0.15, 0.2) is 24.3 Å². The normalized spacial score (nSPS) is 21.3. The molecule has 1 aromatic rings. The number of hydrogen-bond acceptors (Lipinski definition) is 3. The predicted molar refractivity (Wildman–Crippen MR) is 94.3 cm³/mol. The predicted octanol–water partition coefficient (Wildman–Crippen LogP) is 3.30. The van der Waals surface area contributed by atoms with Gasteiger partial charge in [0, 0.05) is 6.54 Å². The van der Waals surface area contributed by atoms with Crippen molar-refractivity contribution in [2.45, 2.75) is 31.6 Å². The average molecular weight is 325 g/mol. The molecule has 4 heteroatoms. The topological polar surface area (TPSA) is 24.5 Å². The first-order valence-corrected chi connectivity index (χ1v) is 8.42. The van der Waals surface area contributed by atoms with Crippen LogP contribution >= 0.6 is 12.4 Å². The molecule has 22 heavy (non-hydrogen) atoms. The van der Waals surface area contributed by atoms with Crippen molar-refractivity contribution in [1.82, 2.24) is 10.2 Å². The number of halogens is 1. The number of benzene rings is 1. The second kappa shape index (κ2) is 8.76. The highest BCUT2D eigenvalue weighted by Gasteiger charge is 2.23. The van der Waals surface area contributed by atoms with E-state index in [1.807, 2.05) is 0 Å². The fourth-order valence-corrected chi connectivity index (χ4v) is 3.75. The fraction of sp³-hybridized carbons (Fsp3) is 0.667.